The molecule has 0 aromatic heterocycles. The fraction of sp³-hybridized carbons (Fsp3) is 0.939. The molecule has 0 spiro atoms. The van der Waals surface area contributed by atoms with E-state index in [-0.39, 0.29) is 12.3 Å². The van der Waals surface area contributed by atoms with E-state index in [0.717, 1.165) is 26.1 Å². The third kappa shape index (κ3) is 25.3. The largest absolute Gasteiger partial charge is 0.351 e. The number of hydrogen-bond donors (Lipinski definition) is 0. The first-order chi connectivity index (χ1) is 17.6. The minimum Gasteiger partial charge on any atom is -0.351 e. The molecule has 0 aliphatic rings. The molecule has 1 unspecified atom stereocenters. The van der Waals surface area contributed by atoms with Crippen LogP contribution in [0.3, 0.4) is 0 Å². The molecule has 2 atom stereocenters. The van der Waals surface area contributed by atoms with Crippen molar-refractivity contribution < 1.29 is 9.47 Å². The van der Waals surface area contributed by atoms with Crippen molar-refractivity contribution in [3.63, 3.8) is 0 Å². The van der Waals surface area contributed by atoms with E-state index in [1.54, 1.807) is 0 Å². The Morgan fingerprint density at radius 2 is 0.833 bits per heavy atom. The molecule has 0 bridgehead atoms. The quantitative estimate of drug-likeness (QED) is 0.0568. The summed E-state index contributed by atoms with van der Waals surface area (Å²) in [4.78, 5) is 2.20. The van der Waals surface area contributed by atoms with Gasteiger partial charge in [0.05, 0.1) is 6.04 Å². The molecule has 0 amide bonds. The maximum absolute atomic E-state index is 6.14. The summed E-state index contributed by atoms with van der Waals surface area (Å²) in [6.07, 6.45) is 34.4. The first-order valence-corrected chi connectivity index (χ1v) is 16.2. The second-order valence-electron chi connectivity index (χ2n) is 11.2. The molecule has 0 aromatic rings. The Labute approximate surface area is 228 Å². The van der Waals surface area contributed by atoms with Gasteiger partial charge in [0.1, 0.15) is 0 Å². The Hall–Kier alpha value is -0.380. The highest BCUT2D eigenvalue weighted by Crippen LogP contribution is 2.14. The molecule has 3 nitrogen and oxygen atoms in total. The summed E-state index contributed by atoms with van der Waals surface area (Å²) in [5, 5.41) is 0. The van der Waals surface area contributed by atoms with Gasteiger partial charge in [-0.2, -0.15) is 0 Å². The van der Waals surface area contributed by atoms with Gasteiger partial charge in [0.25, 0.3) is 0 Å². The molecule has 0 rings (SSSR count). The lowest BCUT2D eigenvalue weighted by Crippen LogP contribution is -2.40. The Morgan fingerprint density at radius 1 is 0.500 bits per heavy atom. The summed E-state index contributed by atoms with van der Waals surface area (Å²) in [5.41, 5.74) is 0. The van der Waals surface area contributed by atoms with Crippen molar-refractivity contribution >= 4 is 0 Å². The molecule has 0 heterocycles. The van der Waals surface area contributed by atoms with Crippen LogP contribution in [0.1, 0.15) is 162 Å². The zero-order valence-corrected chi connectivity index (χ0v) is 25.5. The number of unbranched alkanes of at least 4 members (excludes halogenated alkanes) is 19. The molecule has 36 heavy (non-hydrogen) atoms. The van der Waals surface area contributed by atoms with Gasteiger partial charge in [-0.3, -0.25) is 0 Å². The molecule has 0 aromatic carbocycles. The highest BCUT2D eigenvalue weighted by atomic mass is 16.7. The van der Waals surface area contributed by atoms with Gasteiger partial charge in [0.15, 0.2) is 6.29 Å². The summed E-state index contributed by atoms with van der Waals surface area (Å²) in [6.45, 7) is 8.38. The second kappa shape index (κ2) is 29.2. The summed E-state index contributed by atoms with van der Waals surface area (Å²) in [6, 6.07) is 0.289. The number of rotatable bonds is 29. The average molecular weight is 510 g/mol. The van der Waals surface area contributed by atoms with Gasteiger partial charge < -0.3 is 14.4 Å². The van der Waals surface area contributed by atoms with Crippen molar-refractivity contribution in [1.29, 1.82) is 0 Å². The molecule has 0 aliphatic carbocycles. The topological polar surface area (TPSA) is 21.7 Å². The van der Waals surface area contributed by atoms with E-state index in [0.29, 0.717) is 0 Å². The molecular formula is C33H67NO2. The molecular weight excluding hydrogens is 442 g/mol. The molecule has 0 saturated heterocycles. The lowest BCUT2D eigenvalue weighted by molar-refractivity contribution is -0.172. The second-order valence-corrected chi connectivity index (χ2v) is 11.2. The van der Waals surface area contributed by atoms with Gasteiger partial charge in [0, 0.05) is 13.2 Å². The third-order valence-corrected chi connectivity index (χ3v) is 7.43. The summed E-state index contributed by atoms with van der Waals surface area (Å²) in [5.74, 6) is 0. The van der Waals surface area contributed by atoms with Gasteiger partial charge in [-0.25, -0.2) is 0 Å². The highest BCUT2D eigenvalue weighted by molar-refractivity contribution is 4.81. The standard InChI is InChI=1S/C33H67NO2/c1-6-8-10-12-13-14-15-16-17-18-19-20-21-22-23-24-25-26-27-29-31-36-33(32(3)34(4)5)35-30-28-11-9-7-2/h16-17,32-33H,6-15,18-31H2,1-5H3/b17-16-/t32-,33?/m0/s1. The van der Waals surface area contributed by atoms with Crippen molar-refractivity contribution in [3.8, 4) is 0 Å². The van der Waals surface area contributed by atoms with Crippen LogP contribution in [-0.2, 0) is 9.47 Å². The van der Waals surface area contributed by atoms with Gasteiger partial charge in [-0.1, -0.05) is 129 Å². The summed E-state index contributed by atoms with van der Waals surface area (Å²) in [7, 11) is 4.22. The van der Waals surface area contributed by atoms with Crippen LogP contribution in [0.25, 0.3) is 0 Å². The fourth-order valence-electron chi connectivity index (χ4n) is 4.55. The zero-order valence-electron chi connectivity index (χ0n) is 25.5. The van der Waals surface area contributed by atoms with Crippen molar-refractivity contribution in [2.75, 3.05) is 27.3 Å². The van der Waals surface area contributed by atoms with E-state index >= 15 is 0 Å². The monoisotopic (exact) mass is 510 g/mol. The SMILES string of the molecule is CCCCCCCC/C=C\CCCCCCCCCCCCOC(OCCCCCC)[C@H](C)N(C)C. The molecule has 0 radical (unpaired) electrons. The van der Waals surface area contributed by atoms with Crippen LogP contribution < -0.4 is 0 Å². The number of allylic oxidation sites excluding steroid dienone is 2. The van der Waals surface area contributed by atoms with Crippen LogP contribution in [0, 0.1) is 0 Å². The fourth-order valence-corrected chi connectivity index (χ4v) is 4.55. The van der Waals surface area contributed by atoms with Crippen molar-refractivity contribution in [2.45, 2.75) is 174 Å². The number of ether oxygens (including phenoxy) is 2. The predicted molar refractivity (Wildman–Crippen MR) is 161 cm³/mol. The van der Waals surface area contributed by atoms with Crippen LogP contribution in [0.2, 0.25) is 0 Å². The van der Waals surface area contributed by atoms with Gasteiger partial charge >= 0.3 is 0 Å². The van der Waals surface area contributed by atoms with Gasteiger partial charge in [0.2, 0.25) is 0 Å². The van der Waals surface area contributed by atoms with E-state index in [4.69, 9.17) is 9.47 Å². The van der Waals surface area contributed by atoms with E-state index in [1.807, 2.05) is 0 Å². The molecule has 0 fully saturated rings. The molecule has 0 aliphatic heterocycles. The summed E-state index contributed by atoms with van der Waals surface area (Å²) < 4.78 is 12.2. The lowest BCUT2D eigenvalue weighted by atomic mass is 10.1. The van der Waals surface area contributed by atoms with Gasteiger partial charge in [-0.15, -0.1) is 0 Å². The zero-order chi connectivity index (χ0) is 26.5. The van der Waals surface area contributed by atoms with Crippen LogP contribution >= 0.6 is 0 Å². The Kier molecular flexibility index (Phi) is 28.9. The van der Waals surface area contributed by atoms with Crippen LogP contribution in [-0.4, -0.2) is 44.5 Å². The molecule has 216 valence electrons. The van der Waals surface area contributed by atoms with E-state index in [9.17, 15) is 0 Å². The van der Waals surface area contributed by atoms with Crippen molar-refractivity contribution in [3.05, 3.63) is 12.2 Å². The first-order valence-electron chi connectivity index (χ1n) is 16.2. The number of nitrogens with zero attached hydrogens (tertiary/aromatic N) is 1. The predicted octanol–water partition coefficient (Wildman–Crippen LogP) is 10.5. The van der Waals surface area contributed by atoms with E-state index in [1.165, 1.54) is 128 Å². The Balaban J connectivity index is 3.48. The number of likely N-dealkylation sites (N-methyl/N-ethyl adjacent to an activating group) is 1. The van der Waals surface area contributed by atoms with Crippen LogP contribution in [0.15, 0.2) is 12.2 Å². The van der Waals surface area contributed by atoms with Crippen LogP contribution in [0.4, 0.5) is 0 Å². The lowest BCUT2D eigenvalue weighted by Gasteiger charge is -2.29. The maximum atomic E-state index is 6.14. The highest BCUT2D eigenvalue weighted by Gasteiger charge is 2.20. The molecule has 0 saturated carbocycles. The van der Waals surface area contributed by atoms with Crippen molar-refractivity contribution in [2.24, 2.45) is 0 Å². The Morgan fingerprint density at radius 3 is 1.22 bits per heavy atom. The third-order valence-electron chi connectivity index (χ3n) is 7.43. The normalized spacial score (nSPS) is 13.7. The molecule has 0 N–H and O–H groups in total. The Bertz CT molecular complexity index is 437. The van der Waals surface area contributed by atoms with E-state index in [2.05, 4.69) is 51.9 Å². The minimum absolute atomic E-state index is 0.0996. The number of hydrogen-bond acceptors (Lipinski definition) is 3. The van der Waals surface area contributed by atoms with E-state index < -0.39 is 0 Å². The summed E-state index contributed by atoms with van der Waals surface area (Å²) >= 11 is 0. The maximum Gasteiger partial charge on any atom is 0.172 e. The van der Waals surface area contributed by atoms with Gasteiger partial charge in [-0.05, 0) is 59.5 Å². The van der Waals surface area contributed by atoms with Crippen LogP contribution in [0.5, 0.6) is 0 Å². The van der Waals surface area contributed by atoms with Crippen molar-refractivity contribution in [1.82, 2.24) is 4.90 Å². The first kappa shape index (κ1) is 35.6. The smallest absolute Gasteiger partial charge is 0.172 e. The molecule has 3 heteroatoms. The average Bonchev–Trinajstić information content (AvgIpc) is 2.87. The minimum atomic E-state index is -0.0996.